The summed E-state index contributed by atoms with van der Waals surface area (Å²) in [5.74, 6) is -0.00835. The first kappa shape index (κ1) is 22.3. The van der Waals surface area contributed by atoms with E-state index in [2.05, 4.69) is 5.32 Å². The van der Waals surface area contributed by atoms with Gasteiger partial charge in [-0.3, -0.25) is 9.59 Å². The number of carbonyl (C=O) groups is 2. The summed E-state index contributed by atoms with van der Waals surface area (Å²) in [6, 6.07) is 11.3. The molecule has 2 amide bonds. The highest BCUT2D eigenvalue weighted by Gasteiger charge is 2.27. The summed E-state index contributed by atoms with van der Waals surface area (Å²) in [7, 11) is -2.19. The minimum Gasteiger partial charge on any atom is -0.495 e. The Kier molecular flexibility index (Phi) is 6.48. The van der Waals surface area contributed by atoms with Crippen molar-refractivity contribution in [1.82, 2.24) is 4.31 Å². The standard InChI is InChI=1S/C23H27N3O5S/c1-31-21-11-10-19(32(29,30)25-12-3-2-4-13-25)16-20(21)24-23(28)17-7-5-8-18(15-17)26-14-6-9-22(26)27/h5,7-8,10-11,15-16H,2-4,6,9,12-14H2,1H3,(H,24,28). The molecule has 2 aromatic rings. The van der Waals surface area contributed by atoms with Crippen molar-refractivity contribution in [2.75, 3.05) is 37.0 Å². The van der Waals surface area contributed by atoms with Gasteiger partial charge < -0.3 is 15.0 Å². The topological polar surface area (TPSA) is 96.0 Å². The molecule has 2 aliphatic heterocycles. The molecule has 2 fully saturated rings. The number of amides is 2. The first-order valence-electron chi connectivity index (χ1n) is 10.8. The summed E-state index contributed by atoms with van der Waals surface area (Å²) in [6.45, 7) is 1.63. The van der Waals surface area contributed by atoms with Gasteiger partial charge >= 0.3 is 0 Å². The summed E-state index contributed by atoms with van der Waals surface area (Å²) in [6.07, 6.45) is 4.01. The molecule has 4 rings (SSSR count). The Morgan fingerprint density at radius 2 is 1.78 bits per heavy atom. The van der Waals surface area contributed by atoms with Gasteiger partial charge in [-0.15, -0.1) is 0 Å². The van der Waals surface area contributed by atoms with Crippen LogP contribution in [0.2, 0.25) is 0 Å². The zero-order chi connectivity index (χ0) is 22.7. The predicted molar refractivity (Wildman–Crippen MR) is 122 cm³/mol. The third-order valence-corrected chi connectivity index (χ3v) is 7.76. The van der Waals surface area contributed by atoms with Crippen molar-refractivity contribution >= 4 is 33.2 Å². The average molecular weight is 458 g/mol. The number of nitrogens with zero attached hydrogens (tertiary/aromatic N) is 2. The number of anilines is 2. The van der Waals surface area contributed by atoms with Gasteiger partial charge in [0.25, 0.3) is 5.91 Å². The number of hydrogen-bond donors (Lipinski definition) is 1. The van der Waals surface area contributed by atoms with Crippen LogP contribution in [-0.2, 0) is 14.8 Å². The van der Waals surface area contributed by atoms with E-state index in [0.717, 1.165) is 25.7 Å². The zero-order valence-electron chi connectivity index (χ0n) is 18.0. The number of methoxy groups -OCH3 is 1. The summed E-state index contributed by atoms with van der Waals surface area (Å²) in [4.78, 5) is 26.8. The van der Waals surface area contributed by atoms with Gasteiger partial charge in [-0.2, -0.15) is 4.31 Å². The molecule has 2 aliphatic rings. The van der Waals surface area contributed by atoms with Crippen molar-refractivity contribution in [3.63, 3.8) is 0 Å². The van der Waals surface area contributed by atoms with Crippen LogP contribution < -0.4 is 15.0 Å². The molecule has 0 radical (unpaired) electrons. The molecule has 32 heavy (non-hydrogen) atoms. The second-order valence-electron chi connectivity index (χ2n) is 7.98. The van der Waals surface area contributed by atoms with E-state index in [-0.39, 0.29) is 16.5 Å². The largest absolute Gasteiger partial charge is 0.495 e. The van der Waals surface area contributed by atoms with E-state index in [4.69, 9.17) is 4.74 Å². The van der Waals surface area contributed by atoms with E-state index < -0.39 is 15.9 Å². The van der Waals surface area contributed by atoms with Gasteiger partial charge in [0.05, 0.1) is 17.7 Å². The normalized spacial score (nSPS) is 17.4. The molecule has 2 heterocycles. The van der Waals surface area contributed by atoms with Gasteiger partial charge in [-0.25, -0.2) is 8.42 Å². The van der Waals surface area contributed by atoms with Gasteiger partial charge in [-0.1, -0.05) is 12.5 Å². The molecule has 1 N–H and O–H groups in total. The highest BCUT2D eigenvalue weighted by molar-refractivity contribution is 7.89. The minimum atomic E-state index is -3.65. The third-order valence-electron chi connectivity index (χ3n) is 5.87. The molecule has 0 aromatic heterocycles. The first-order chi connectivity index (χ1) is 15.4. The van der Waals surface area contributed by atoms with E-state index in [1.807, 2.05) is 0 Å². The number of sulfonamides is 1. The average Bonchev–Trinajstić information content (AvgIpc) is 3.25. The van der Waals surface area contributed by atoms with E-state index in [1.165, 1.54) is 23.5 Å². The van der Waals surface area contributed by atoms with Crippen molar-refractivity contribution < 1.29 is 22.7 Å². The molecule has 9 heteroatoms. The molecule has 0 spiro atoms. The third kappa shape index (κ3) is 4.49. The predicted octanol–water partition coefficient (Wildman–Crippen LogP) is 3.25. The van der Waals surface area contributed by atoms with Crippen LogP contribution in [0.4, 0.5) is 11.4 Å². The molecule has 0 atom stereocenters. The highest BCUT2D eigenvalue weighted by Crippen LogP contribution is 2.31. The summed E-state index contributed by atoms with van der Waals surface area (Å²) in [5, 5.41) is 2.77. The fraction of sp³-hybridized carbons (Fsp3) is 0.391. The summed E-state index contributed by atoms with van der Waals surface area (Å²) < 4.78 is 32.9. The smallest absolute Gasteiger partial charge is 0.255 e. The fourth-order valence-electron chi connectivity index (χ4n) is 4.13. The molecule has 8 nitrogen and oxygen atoms in total. The number of ether oxygens (including phenoxy) is 1. The van der Waals surface area contributed by atoms with Crippen molar-refractivity contribution in [3.8, 4) is 5.75 Å². The number of nitrogens with one attached hydrogen (secondary N) is 1. The van der Waals surface area contributed by atoms with E-state index >= 15 is 0 Å². The second-order valence-corrected chi connectivity index (χ2v) is 9.92. The quantitative estimate of drug-likeness (QED) is 0.718. The number of rotatable bonds is 6. The number of carbonyl (C=O) groups excluding carboxylic acids is 2. The Balaban J connectivity index is 1.59. The van der Waals surface area contributed by atoms with Crippen LogP contribution in [0.5, 0.6) is 5.75 Å². The van der Waals surface area contributed by atoms with Crippen LogP contribution in [0.1, 0.15) is 42.5 Å². The lowest BCUT2D eigenvalue weighted by Gasteiger charge is -2.26. The Morgan fingerprint density at radius 1 is 1.00 bits per heavy atom. The number of piperidine rings is 1. The van der Waals surface area contributed by atoms with E-state index in [9.17, 15) is 18.0 Å². The first-order valence-corrected chi connectivity index (χ1v) is 12.2. The van der Waals surface area contributed by atoms with Crippen LogP contribution in [-0.4, -0.2) is 51.3 Å². The molecule has 2 saturated heterocycles. The maximum Gasteiger partial charge on any atom is 0.255 e. The summed E-state index contributed by atoms with van der Waals surface area (Å²) >= 11 is 0. The highest BCUT2D eigenvalue weighted by atomic mass is 32.2. The Hall–Kier alpha value is -2.91. The van der Waals surface area contributed by atoms with Crippen LogP contribution in [0.25, 0.3) is 0 Å². The molecule has 0 unspecified atom stereocenters. The zero-order valence-corrected chi connectivity index (χ0v) is 18.9. The monoisotopic (exact) mass is 457 g/mol. The van der Waals surface area contributed by atoms with Crippen LogP contribution >= 0.6 is 0 Å². The number of hydrogen-bond acceptors (Lipinski definition) is 5. The Morgan fingerprint density at radius 3 is 2.47 bits per heavy atom. The maximum atomic E-state index is 13.1. The molecular weight excluding hydrogens is 430 g/mol. The second kappa shape index (κ2) is 9.30. The fourth-order valence-corrected chi connectivity index (χ4v) is 5.67. The van der Waals surface area contributed by atoms with Crippen molar-refractivity contribution in [2.24, 2.45) is 0 Å². The molecular formula is C23H27N3O5S. The van der Waals surface area contributed by atoms with Crippen LogP contribution in [0, 0.1) is 0 Å². The lowest BCUT2D eigenvalue weighted by molar-refractivity contribution is -0.117. The molecule has 0 saturated carbocycles. The Bertz CT molecular complexity index is 1130. The Labute approximate surface area is 188 Å². The van der Waals surface area contributed by atoms with Gasteiger partial charge in [-0.05, 0) is 55.7 Å². The number of benzene rings is 2. The molecule has 170 valence electrons. The SMILES string of the molecule is COc1ccc(S(=O)(=O)N2CCCCC2)cc1NC(=O)c1cccc(N2CCCC2=O)c1. The molecule has 0 aliphatic carbocycles. The van der Waals surface area contributed by atoms with Crippen molar-refractivity contribution in [1.29, 1.82) is 0 Å². The van der Waals surface area contributed by atoms with Crippen LogP contribution in [0.15, 0.2) is 47.4 Å². The van der Waals surface area contributed by atoms with Gasteiger partial charge in [0.1, 0.15) is 5.75 Å². The molecule has 0 bridgehead atoms. The molecule has 2 aromatic carbocycles. The van der Waals surface area contributed by atoms with E-state index in [0.29, 0.717) is 43.1 Å². The van der Waals surface area contributed by atoms with Gasteiger partial charge in [0, 0.05) is 37.3 Å². The van der Waals surface area contributed by atoms with E-state index in [1.54, 1.807) is 35.2 Å². The summed E-state index contributed by atoms with van der Waals surface area (Å²) in [5.41, 5.74) is 1.32. The lowest BCUT2D eigenvalue weighted by Crippen LogP contribution is -2.35. The maximum absolute atomic E-state index is 13.1. The van der Waals surface area contributed by atoms with Gasteiger partial charge in [0.2, 0.25) is 15.9 Å². The lowest BCUT2D eigenvalue weighted by atomic mass is 10.1. The van der Waals surface area contributed by atoms with Crippen molar-refractivity contribution in [2.45, 2.75) is 37.0 Å². The minimum absolute atomic E-state index is 0.0415. The van der Waals surface area contributed by atoms with Crippen LogP contribution in [0.3, 0.4) is 0 Å². The van der Waals surface area contributed by atoms with Gasteiger partial charge in [0.15, 0.2) is 0 Å². The van der Waals surface area contributed by atoms with Crippen molar-refractivity contribution in [3.05, 3.63) is 48.0 Å².